The quantitative estimate of drug-likeness (QED) is 0.635. The normalized spacial score (nSPS) is 10.0. The number of aromatic nitrogens is 1. The number of benzene rings is 1. The number of fused-ring (bicyclic) bond motifs is 1. The van der Waals surface area contributed by atoms with Gasteiger partial charge in [0.05, 0.1) is 11.2 Å². The second-order valence-electron chi connectivity index (χ2n) is 2.49. The highest BCUT2D eigenvalue weighted by molar-refractivity contribution is 5.81. The lowest BCUT2D eigenvalue weighted by Crippen LogP contribution is -1.75. The van der Waals surface area contributed by atoms with E-state index in [2.05, 4.69) is 10.1 Å². The molecule has 0 bridgehead atoms. The molecular formula is C9H7N3. The molecule has 58 valence electrons. The topological polar surface area (TPSA) is 49.1 Å². The van der Waals surface area contributed by atoms with Gasteiger partial charge in [-0.1, -0.05) is 6.07 Å². The van der Waals surface area contributed by atoms with Crippen molar-refractivity contribution in [3.63, 3.8) is 0 Å². The van der Waals surface area contributed by atoms with E-state index >= 15 is 0 Å². The van der Waals surface area contributed by atoms with Crippen LogP contribution in [0.1, 0.15) is 0 Å². The van der Waals surface area contributed by atoms with Crippen molar-refractivity contribution in [2.24, 2.45) is 5.11 Å². The number of nitrogens with zero attached hydrogens (tertiary/aromatic N) is 2. The van der Waals surface area contributed by atoms with Gasteiger partial charge in [-0.3, -0.25) is 4.98 Å². The highest BCUT2D eigenvalue weighted by atomic mass is 15.0. The fourth-order valence-corrected chi connectivity index (χ4v) is 1.13. The number of nitrogens with one attached hydrogen (secondary N) is 1. The SMILES string of the molecule is N=Nc1ccc2ncccc2c1. The van der Waals surface area contributed by atoms with Crippen molar-refractivity contribution in [3.05, 3.63) is 36.5 Å². The first-order valence-electron chi connectivity index (χ1n) is 3.62. The van der Waals surface area contributed by atoms with Crippen LogP contribution in [0.15, 0.2) is 41.6 Å². The Morgan fingerprint density at radius 3 is 3.00 bits per heavy atom. The van der Waals surface area contributed by atoms with Crippen LogP contribution in [-0.4, -0.2) is 4.98 Å². The van der Waals surface area contributed by atoms with E-state index in [1.807, 2.05) is 24.3 Å². The standard InChI is InChI=1S/C9H7N3/c10-12-8-3-4-9-7(6-8)2-1-5-11-9/h1-6,10H. The highest BCUT2D eigenvalue weighted by Gasteiger charge is 1.93. The summed E-state index contributed by atoms with van der Waals surface area (Å²) in [4.78, 5) is 4.15. The van der Waals surface area contributed by atoms with E-state index in [9.17, 15) is 0 Å². The molecule has 0 saturated heterocycles. The van der Waals surface area contributed by atoms with Crippen molar-refractivity contribution in [2.75, 3.05) is 0 Å². The minimum atomic E-state index is 0.663. The Bertz CT molecular complexity index is 423. The van der Waals surface area contributed by atoms with Gasteiger partial charge in [-0.05, 0) is 24.3 Å². The molecular weight excluding hydrogens is 150 g/mol. The fraction of sp³-hybridized carbons (Fsp3) is 0. The molecule has 1 aromatic carbocycles. The van der Waals surface area contributed by atoms with E-state index in [0.29, 0.717) is 5.69 Å². The van der Waals surface area contributed by atoms with Crippen LogP contribution >= 0.6 is 0 Å². The molecule has 0 radical (unpaired) electrons. The van der Waals surface area contributed by atoms with Gasteiger partial charge in [0.2, 0.25) is 0 Å². The van der Waals surface area contributed by atoms with Crippen LogP contribution in [-0.2, 0) is 0 Å². The van der Waals surface area contributed by atoms with E-state index in [4.69, 9.17) is 5.53 Å². The average Bonchev–Trinajstić information content (AvgIpc) is 2.17. The molecule has 1 aromatic heterocycles. The first-order chi connectivity index (χ1) is 5.90. The Labute approximate surface area is 69.6 Å². The first kappa shape index (κ1) is 6.91. The van der Waals surface area contributed by atoms with Gasteiger partial charge in [-0.25, -0.2) is 5.53 Å². The summed E-state index contributed by atoms with van der Waals surface area (Å²) in [6.07, 6.45) is 1.75. The molecule has 3 nitrogen and oxygen atoms in total. The third-order valence-corrected chi connectivity index (χ3v) is 1.72. The molecule has 1 heterocycles. The molecule has 0 aliphatic heterocycles. The molecule has 0 atom stereocenters. The van der Waals surface area contributed by atoms with Gasteiger partial charge in [0, 0.05) is 11.6 Å². The second kappa shape index (κ2) is 2.70. The summed E-state index contributed by atoms with van der Waals surface area (Å²) in [6.45, 7) is 0. The molecule has 2 rings (SSSR count). The molecule has 0 unspecified atom stereocenters. The van der Waals surface area contributed by atoms with Gasteiger partial charge >= 0.3 is 0 Å². The van der Waals surface area contributed by atoms with Crippen LogP contribution in [0.4, 0.5) is 5.69 Å². The molecule has 0 aliphatic rings. The monoisotopic (exact) mass is 157 g/mol. The summed E-state index contributed by atoms with van der Waals surface area (Å²) < 4.78 is 0. The molecule has 0 spiro atoms. The Balaban J connectivity index is 2.75. The summed E-state index contributed by atoms with van der Waals surface area (Å²) in [5.41, 5.74) is 8.42. The predicted octanol–water partition coefficient (Wildman–Crippen LogP) is 2.90. The van der Waals surface area contributed by atoms with Gasteiger partial charge in [0.1, 0.15) is 0 Å². The Morgan fingerprint density at radius 1 is 1.25 bits per heavy atom. The van der Waals surface area contributed by atoms with E-state index < -0.39 is 0 Å². The lowest BCUT2D eigenvalue weighted by atomic mass is 10.2. The van der Waals surface area contributed by atoms with E-state index in [1.54, 1.807) is 12.3 Å². The van der Waals surface area contributed by atoms with Gasteiger partial charge in [-0.2, -0.15) is 5.11 Å². The van der Waals surface area contributed by atoms with E-state index in [-0.39, 0.29) is 0 Å². The van der Waals surface area contributed by atoms with Crippen molar-refractivity contribution < 1.29 is 0 Å². The Hall–Kier alpha value is -1.77. The summed E-state index contributed by atoms with van der Waals surface area (Å²) >= 11 is 0. The molecule has 0 fully saturated rings. The maximum atomic E-state index is 6.82. The predicted molar refractivity (Wildman–Crippen MR) is 46.6 cm³/mol. The molecule has 2 aromatic rings. The minimum Gasteiger partial charge on any atom is -0.256 e. The van der Waals surface area contributed by atoms with E-state index in [1.165, 1.54) is 0 Å². The Morgan fingerprint density at radius 2 is 2.17 bits per heavy atom. The zero-order chi connectivity index (χ0) is 8.39. The molecule has 12 heavy (non-hydrogen) atoms. The summed E-state index contributed by atoms with van der Waals surface area (Å²) in [5.74, 6) is 0. The van der Waals surface area contributed by atoms with Crippen LogP contribution < -0.4 is 0 Å². The number of rotatable bonds is 1. The van der Waals surface area contributed by atoms with Gasteiger partial charge < -0.3 is 0 Å². The van der Waals surface area contributed by atoms with Gasteiger partial charge in [-0.15, -0.1) is 0 Å². The molecule has 0 amide bonds. The van der Waals surface area contributed by atoms with Crippen molar-refractivity contribution in [1.29, 1.82) is 5.53 Å². The van der Waals surface area contributed by atoms with Crippen LogP contribution in [0.5, 0.6) is 0 Å². The first-order valence-corrected chi connectivity index (χ1v) is 3.62. The smallest absolute Gasteiger partial charge is 0.0857 e. The van der Waals surface area contributed by atoms with E-state index in [0.717, 1.165) is 10.9 Å². The molecule has 3 heteroatoms. The number of pyridine rings is 1. The number of hydrogen-bond acceptors (Lipinski definition) is 3. The van der Waals surface area contributed by atoms with Gasteiger partial charge in [0.15, 0.2) is 0 Å². The zero-order valence-electron chi connectivity index (χ0n) is 6.36. The molecule has 1 N–H and O–H groups in total. The van der Waals surface area contributed by atoms with Crippen LogP contribution in [0, 0.1) is 5.53 Å². The lowest BCUT2D eigenvalue weighted by molar-refractivity contribution is 1.15. The highest BCUT2D eigenvalue weighted by Crippen LogP contribution is 2.18. The van der Waals surface area contributed by atoms with Crippen LogP contribution in [0.2, 0.25) is 0 Å². The largest absolute Gasteiger partial charge is 0.256 e. The zero-order valence-corrected chi connectivity index (χ0v) is 6.36. The second-order valence-corrected chi connectivity index (χ2v) is 2.49. The van der Waals surface area contributed by atoms with Crippen molar-refractivity contribution in [3.8, 4) is 0 Å². The lowest BCUT2D eigenvalue weighted by Gasteiger charge is -1.95. The summed E-state index contributed by atoms with van der Waals surface area (Å²) in [5, 5.41) is 4.36. The minimum absolute atomic E-state index is 0.663. The van der Waals surface area contributed by atoms with Crippen molar-refractivity contribution in [1.82, 2.24) is 4.98 Å². The van der Waals surface area contributed by atoms with Gasteiger partial charge in [0.25, 0.3) is 0 Å². The third kappa shape index (κ3) is 1.05. The van der Waals surface area contributed by atoms with Crippen molar-refractivity contribution in [2.45, 2.75) is 0 Å². The van der Waals surface area contributed by atoms with Crippen LogP contribution in [0.3, 0.4) is 0 Å². The fourth-order valence-electron chi connectivity index (χ4n) is 1.13. The maximum Gasteiger partial charge on any atom is 0.0857 e. The average molecular weight is 157 g/mol. The molecule has 0 aliphatic carbocycles. The summed E-state index contributed by atoms with van der Waals surface area (Å²) in [6, 6.07) is 9.31. The maximum absolute atomic E-state index is 6.82. The number of hydrogen-bond donors (Lipinski definition) is 1. The van der Waals surface area contributed by atoms with Crippen molar-refractivity contribution >= 4 is 16.6 Å². The Kier molecular flexibility index (Phi) is 1.55. The van der Waals surface area contributed by atoms with Crippen LogP contribution in [0.25, 0.3) is 10.9 Å². The third-order valence-electron chi connectivity index (χ3n) is 1.72. The summed E-state index contributed by atoms with van der Waals surface area (Å²) in [7, 11) is 0. The molecule has 0 saturated carbocycles.